The molecule has 0 spiro atoms. The van der Waals surface area contributed by atoms with E-state index in [1.807, 2.05) is 13.0 Å². The zero-order chi connectivity index (χ0) is 17.8. The molecule has 1 aromatic carbocycles. The predicted octanol–water partition coefficient (Wildman–Crippen LogP) is 3.94. The van der Waals surface area contributed by atoms with Gasteiger partial charge in [-0.1, -0.05) is 6.07 Å². The lowest BCUT2D eigenvalue weighted by Gasteiger charge is -2.08. The fourth-order valence-corrected chi connectivity index (χ4v) is 2.37. The van der Waals surface area contributed by atoms with Crippen molar-refractivity contribution < 1.29 is 9.50 Å². The van der Waals surface area contributed by atoms with Gasteiger partial charge in [-0.25, -0.2) is 9.38 Å². The number of nitrogens with zero attached hydrogens (tertiary/aromatic N) is 4. The molecule has 122 valence electrons. The number of aliphatic imine (C=N–C) groups is 1. The lowest BCUT2D eigenvalue weighted by atomic mass is 10.1. The van der Waals surface area contributed by atoms with Crippen molar-refractivity contribution in [3.63, 3.8) is 0 Å². The number of hydrogen-bond acceptors (Lipinski definition) is 5. The first kappa shape index (κ1) is 16.3. The summed E-state index contributed by atoms with van der Waals surface area (Å²) in [5.41, 5.74) is 2.26. The molecule has 0 aliphatic carbocycles. The first-order valence-corrected chi connectivity index (χ1v) is 7.44. The normalized spacial score (nSPS) is 11.2. The molecule has 1 N–H and O–H groups in total. The number of halogens is 1. The van der Waals surface area contributed by atoms with E-state index in [0.717, 1.165) is 5.69 Å². The molecule has 0 unspecified atom stereocenters. The third-order valence-electron chi connectivity index (χ3n) is 3.50. The van der Waals surface area contributed by atoms with Gasteiger partial charge in [-0.15, -0.1) is 0 Å². The van der Waals surface area contributed by atoms with Crippen molar-refractivity contribution in [2.45, 2.75) is 6.92 Å². The molecule has 0 fully saturated rings. The first-order chi connectivity index (χ1) is 12.1. The molecule has 0 amide bonds. The van der Waals surface area contributed by atoms with Gasteiger partial charge in [0, 0.05) is 23.7 Å². The summed E-state index contributed by atoms with van der Waals surface area (Å²) in [4.78, 5) is 12.4. The van der Waals surface area contributed by atoms with Crippen LogP contribution in [0.3, 0.4) is 0 Å². The summed E-state index contributed by atoms with van der Waals surface area (Å²) in [6.45, 7) is 1.83. The Hall–Kier alpha value is -3.59. The van der Waals surface area contributed by atoms with Crippen molar-refractivity contribution in [3.05, 3.63) is 71.9 Å². The van der Waals surface area contributed by atoms with E-state index in [1.54, 1.807) is 24.4 Å². The molecule has 0 saturated heterocycles. The summed E-state index contributed by atoms with van der Waals surface area (Å²) in [5, 5.41) is 20.0. The molecule has 2 aromatic heterocycles. The van der Waals surface area contributed by atoms with Crippen LogP contribution in [0.25, 0.3) is 11.3 Å². The molecule has 2 heterocycles. The molecule has 0 radical (unpaired) electrons. The SMILES string of the molecule is Cc1cc(-c2nccc(/C(C#N)=N/c3cccc(F)c3)c2O)ccn1. The van der Waals surface area contributed by atoms with Gasteiger partial charge < -0.3 is 5.11 Å². The first-order valence-electron chi connectivity index (χ1n) is 7.44. The maximum Gasteiger partial charge on any atom is 0.152 e. The van der Waals surface area contributed by atoms with Gasteiger partial charge in [0.05, 0.1) is 11.3 Å². The van der Waals surface area contributed by atoms with Crippen LogP contribution < -0.4 is 0 Å². The summed E-state index contributed by atoms with van der Waals surface area (Å²) < 4.78 is 13.3. The van der Waals surface area contributed by atoms with Gasteiger partial charge in [-0.2, -0.15) is 5.26 Å². The molecule has 25 heavy (non-hydrogen) atoms. The Balaban J connectivity index is 2.11. The molecule has 0 bridgehead atoms. The zero-order valence-electron chi connectivity index (χ0n) is 13.3. The van der Waals surface area contributed by atoms with Crippen molar-refractivity contribution in [2.75, 3.05) is 0 Å². The third kappa shape index (κ3) is 3.51. The molecule has 5 nitrogen and oxygen atoms in total. The highest BCUT2D eigenvalue weighted by molar-refractivity contribution is 6.15. The maximum atomic E-state index is 13.3. The van der Waals surface area contributed by atoms with Crippen LogP contribution in [0, 0.1) is 24.1 Å². The topological polar surface area (TPSA) is 82.2 Å². The fourth-order valence-electron chi connectivity index (χ4n) is 2.37. The number of aromatic hydroxyl groups is 1. The number of hydrogen-bond donors (Lipinski definition) is 1. The van der Waals surface area contributed by atoms with Crippen molar-refractivity contribution in [1.82, 2.24) is 9.97 Å². The van der Waals surface area contributed by atoms with Crippen molar-refractivity contribution in [2.24, 2.45) is 4.99 Å². The summed E-state index contributed by atoms with van der Waals surface area (Å²) in [5.74, 6) is -0.616. The number of aryl methyl sites for hydroxylation is 1. The Morgan fingerprint density at radius 2 is 1.96 bits per heavy atom. The molecule has 0 aliphatic rings. The standard InChI is InChI=1S/C19H13FN4O/c1-12-9-13(5-7-22-12)18-19(25)16(6-8-23-18)17(11-21)24-15-4-2-3-14(20)10-15/h2-10,25H,1H3/b24-17+. The molecule has 6 heteroatoms. The Labute approximate surface area is 143 Å². The van der Waals surface area contributed by atoms with E-state index in [0.29, 0.717) is 11.3 Å². The van der Waals surface area contributed by atoms with E-state index < -0.39 is 5.82 Å². The van der Waals surface area contributed by atoms with Gasteiger partial charge in [-0.05, 0) is 43.3 Å². The van der Waals surface area contributed by atoms with Crippen LogP contribution in [0.1, 0.15) is 11.3 Å². The van der Waals surface area contributed by atoms with Gasteiger partial charge in [0.2, 0.25) is 0 Å². The average Bonchev–Trinajstić information content (AvgIpc) is 2.60. The van der Waals surface area contributed by atoms with E-state index in [-0.39, 0.29) is 22.7 Å². The Morgan fingerprint density at radius 3 is 2.68 bits per heavy atom. The summed E-state index contributed by atoms with van der Waals surface area (Å²) in [6, 6.07) is 12.5. The summed E-state index contributed by atoms with van der Waals surface area (Å²) >= 11 is 0. The van der Waals surface area contributed by atoms with Gasteiger partial charge in [-0.3, -0.25) is 9.97 Å². The van der Waals surface area contributed by atoms with Crippen LogP contribution in [0.4, 0.5) is 10.1 Å². The second-order valence-corrected chi connectivity index (χ2v) is 5.29. The molecular weight excluding hydrogens is 319 g/mol. The third-order valence-corrected chi connectivity index (χ3v) is 3.50. The molecule has 0 atom stereocenters. The van der Waals surface area contributed by atoms with E-state index in [4.69, 9.17) is 0 Å². The maximum absolute atomic E-state index is 13.3. The highest BCUT2D eigenvalue weighted by atomic mass is 19.1. The van der Waals surface area contributed by atoms with E-state index in [9.17, 15) is 14.8 Å². The number of rotatable bonds is 3. The van der Waals surface area contributed by atoms with E-state index in [1.165, 1.54) is 30.5 Å². The Morgan fingerprint density at radius 1 is 1.16 bits per heavy atom. The van der Waals surface area contributed by atoms with Crippen LogP contribution in [0.5, 0.6) is 5.75 Å². The molecule has 0 aliphatic heterocycles. The quantitative estimate of drug-likeness (QED) is 0.736. The van der Waals surface area contributed by atoms with Crippen LogP contribution in [-0.4, -0.2) is 20.8 Å². The van der Waals surface area contributed by atoms with Crippen LogP contribution in [0.2, 0.25) is 0 Å². The number of pyridine rings is 2. The van der Waals surface area contributed by atoms with Crippen LogP contribution >= 0.6 is 0 Å². The minimum atomic E-state index is -0.453. The van der Waals surface area contributed by atoms with Gasteiger partial charge in [0.1, 0.15) is 17.6 Å². The Kier molecular flexibility index (Phi) is 4.48. The highest BCUT2D eigenvalue weighted by Crippen LogP contribution is 2.31. The van der Waals surface area contributed by atoms with E-state index >= 15 is 0 Å². The lowest BCUT2D eigenvalue weighted by molar-refractivity contribution is 0.474. The lowest BCUT2D eigenvalue weighted by Crippen LogP contribution is -2.00. The fraction of sp³-hybridized carbons (Fsp3) is 0.0526. The van der Waals surface area contributed by atoms with Gasteiger partial charge >= 0.3 is 0 Å². The van der Waals surface area contributed by atoms with Crippen molar-refractivity contribution >= 4 is 11.4 Å². The van der Waals surface area contributed by atoms with Gasteiger partial charge in [0.25, 0.3) is 0 Å². The minimum Gasteiger partial charge on any atom is -0.505 e. The molecule has 3 aromatic rings. The van der Waals surface area contributed by atoms with Crippen LogP contribution in [-0.2, 0) is 0 Å². The monoisotopic (exact) mass is 332 g/mol. The number of aromatic nitrogens is 2. The highest BCUT2D eigenvalue weighted by Gasteiger charge is 2.15. The summed E-state index contributed by atoms with van der Waals surface area (Å²) in [7, 11) is 0. The summed E-state index contributed by atoms with van der Waals surface area (Å²) in [6.07, 6.45) is 3.10. The van der Waals surface area contributed by atoms with E-state index in [2.05, 4.69) is 15.0 Å². The number of benzene rings is 1. The Bertz CT molecular complexity index is 1010. The van der Waals surface area contributed by atoms with Gasteiger partial charge in [0.15, 0.2) is 11.5 Å². The second-order valence-electron chi connectivity index (χ2n) is 5.29. The molecule has 0 saturated carbocycles. The largest absolute Gasteiger partial charge is 0.505 e. The molecular formula is C19H13FN4O. The van der Waals surface area contributed by atoms with Crippen LogP contribution in [0.15, 0.2) is 59.9 Å². The predicted molar refractivity (Wildman–Crippen MR) is 92.1 cm³/mol. The van der Waals surface area contributed by atoms with Crippen molar-refractivity contribution in [3.8, 4) is 23.1 Å². The zero-order valence-corrected chi connectivity index (χ0v) is 13.3. The minimum absolute atomic E-state index is 0.0301. The number of nitriles is 1. The second kappa shape index (κ2) is 6.89. The smallest absolute Gasteiger partial charge is 0.152 e. The molecule has 3 rings (SSSR count). The van der Waals surface area contributed by atoms with Crippen molar-refractivity contribution in [1.29, 1.82) is 5.26 Å². The average molecular weight is 332 g/mol.